The van der Waals surface area contributed by atoms with Crippen molar-refractivity contribution in [2.75, 3.05) is 6.61 Å². The number of para-hydroxylation sites is 3. The number of phenols is 4. The van der Waals surface area contributed by atoms with Gasteiger partial charge in [0.05, 0.1) is 6.61 Å². The molecule has 0 atom stereocenters. The van der Waals surface area contributed by atoms with E-state index in [1.165, 1.54) is 0 Å². The molecule has 0 aliphatic heterocycles. The van der Waals surface area contributed by atoms with Gasteiger partial charge in [0.1, 0.15) is 23.0 Å². The minimum absolute atomic E-state index is 0.153. The van der Waals surface area contributed by atoms with E-state index in [1.807, 2.05) is 73.7 Å². The smallest absolute Gasteiger partial charge is 0.122 e. The summed E-state index contributed by atoms with van der Waals surface area (Å²) in [6, 6.07) is 20.6. The molecule has 4 aromatic rings. The summed E-state index contributed by atoms with van der Waals surface area (Å²) in [6.45, 7) is 2.92. The summed E-state index contributed by atoms with van der Waals surface area (Å²) in [5, 5.41) is 44.6. The standard InChI is InChI=1S/C31H30O5/c1-2-36-18-19-12-26-16-24-10-4-8-22(29(24)33)14-20-6-3-7-21(28(20)32)15-23-9-5-11-25(30(23)34)17-27(13-19)31(26)35/h3-13,32-35H,2,14-18H2,1H3. The number of benzene rings is 4. The summed E-state index contributed by atoms with van der Waals surface area (Å²) in [6.07, 6.45) is 1.37. The van der Waals surface area contributed by atoms with Gasteiger partial charge in [-0.1, -0.05) is 54.6 Å². The highest BCUT2D eigenvalue weighted by molar-refractivity contribution is 5.55. The largest absolute Gasteiger partial charge is 0.507 e. The summed E-state index contributed by atoms with van der Waals surface area (Å²) in [5.41, 5.74) is 6.46. The number of hydrogen-bond acceptors (Lipinski definition) is 5. The number of phenolic OH excluding ortho intramolecular Hbond substituents is 4. The molecule has 184 valence electrons. The summed E-state index contributed by atoms with van der Waals surface area (Å²) < 4.78 is 5.64. The lowest BCUT2D eigenvalue weighted by Gasteiger charge is -2.18. The first-order valence-corrected chi connectivity index (χ1v) is 12.2. The number of ether oxygens (including phenoxy) is 1. The summed E-state index contributed by atoms with van der Waals surface area (Å²) in [7, 11) is 0. The first-order valence-electron chi connectivity index (χ1n) is 12.2. The molecule has 5 rings (SSSR count). The normalized spacial score (nSPS) is 12.9. The molecule has 4 aromatic carbocycles. The van der Waals surface area contributed by atoms with Gasteiger partial charge < -0.3 is 25.2 Å². The first kappa shape index (κ1) is 23.8. The van der Waals surface area contributed by atoms with Crippen LogP contribution in [0.3, 0.4) is 0 Å². The number of rotatable bonds is 3. The maximum atomic E-state index is 11.3. The van der Waals surface area contributed by atoms with Crippen LogP contribution >= 0.6 is 0 Å². The van der Waals surface area contributed by atoms with Gasteiger partial charge in [-0.15, -0.1) is 0 Å². The van der Waals surface area contributed by atoms with Crippen molar-refractivity contribution in [3.05, 3.63) is 117 Å². The molecule has 0 radical (unpaired) electrons. The van der Waals surface area contributed by atoms with Crippen LogP contribution in [0.4, 0.5) is 0 Å². The van der Waals surface area contributed by atoms with Gasteiger partial charge in [0.25, 0.3) is 0 Å². The zero-order valence-corrected chi connectivity index (χ0v) is 20.3. The second-order valence-corrected chi connectivity index (χ2v) is 9.38. The summed E-state index contributed by atoms with van der Waals surface area (Å²) in [4.78, 5) is 0. The van der Waals surface area contributed by atoms with Gasteiger partial charge in [0, 0.05) is 32.3 Å². The van der Waals surface area contributed by atoms with Gasteiger partial charge in [-0.3, -0.25) is 0 Å². The average molecular weight is 483 g/mol. The molecule has 0 saturated carbocycles. The quantitative estimate of drug-likeness (QED) is 0.264. The van der Waals surface area contributed by atoms with Crippen molar-refractivity contribution in [2.24, 2.45) is 0 Å². The van der Waals surface area contributed by atoms with Crippen LogP contribution in [0.1, 0.15) is 57.0 Å². The number of hydrogen-bond donors (Lipinski definition) is 4. The van der Waals surface area contributed by atoms with Gasteiger partial charge in [-0.2, -0.15) is 0 Å². The Morgan fingerprint density at radius 1 is 0.528 bits per heavy atom. The highest BCUT2D eigenvalue weighted by Crippen LogP contribution is 2.37. The van der Waals surface area contributed by atoms with Crippen LogP contribution in [0.25, 0.3) is 0 Å². The van der Waals surface area contributed by atoms with Crippen LogP contribution in [0.5, 0.6) is 23.0 Å². The van der Waals surface area contributed by atoms with Crippen LogP contribution < -0.4 is 0 Å². The summed E-state index contributed by atoms with van der Waals surface area (Å²) >= 11 is 0. The molecule has 4 N–H and O–H groups in total. The van der Waals surface area contributed by atoms with E-state index in [9.17, 15) is 20.4 Å². The topological polar surface area (TPSA) is 90.2 Å². The Morgan fingerprint density at radius 3 is 1.17 bits per heavy atom. The lowest BCUT2D eigenvalue weighted by atomic mass is 9.90. The zero-order chi connectivity index (χ0) is 25.2. The Balaban J connectivity index is 1.70. The third-order valence-electron chi connectivity index (χ3n) is 6.93. The van der Waals surface area contributed by atoms with Crippen molar-refractivity contribution in [2.45, 2.75) is 39.2 Å². The van der Waals surface area contributed by atoms with E-state index in [0.717, 1.165) is 5.56 Å². The Morgan fingerprint density at radius 2 is 0.833 bits per heavy atom. The SMILES string of the molecule is CCOCc1cc2c(O)c(c1)Cc1cccc(c1O)Cc1cccc(c1O)Cc1cccc(c1O)C2. The molecule has 8 bridgehead atoms. The minimum atomic E-state index is 0.153. The van der Waals surface area contributed by atoms with Gasteiger partial charge in [0.15, 0.2) is 0 Å². The zero-order valence-electron chi connectivity index (χ0n) is 20.3. The minimum Gasteiger partial charge on any atom is -0.507 e. The Labute approximate surface area is 210 Å². The van der Waals surface area contributed by atoms with E-state index in [0.29, 0.717) is 83.4 Å². The Bertz CT molecular complexity index is 1330. The molecule has 5 heteroatoms. The monoisotopic (exact) mass is 482 g/mol. The van der Waals surface area contributed by atoms with Crippen molar-refractivity contribution in [1.29, 1.82) is 0 Å². The van der Waals surface area contributed by atoms with Gasteiger partial charge in [-0.25, -0.2) is 0 Å². The molecule has 0 unspecified atom stereocenters. The second-order valence-electron chi connectivity index (χ2n) is 9.38. The fraction of sp³-hybridized carbons (Fsp3) is 0.226. The molecule has 1 aliphatic rings. The van der Waals surface area contributed by atoms with Gasteiger partial charge >= 0.3 is 0 Å². The van der Waals surface area contributed by atoms with Gasteiger partial charge in [0.2, 0.25) is 0 Å². The average Bonchev–Trinajstić information content (AvgIpc) is 2.87. The maximum Gasteiger partial charge on any atom is 0.122 e. The molecule has 1 aliphatic carbocycles. The summed E-state index contributed by atoms with van der Waals surface area (Å²) in [5.74, 6) is 0.643. The van der Waals surface area contributed by atoms with Crippen LogP contribution in [-0.2, 0) is 37.0 Å². The fourth-order valence-corrected chi connectivity index (χ4v) is 5.02. The Kier molecular flexibility index (Phi) is 6.57. The van der Waals surface area contributed by atoms with Crippen LogP contribution in [0.15, 0.2) is 66.7 Å². The predicted molar refractivity (Wildman–Crippen MR) is 139 cm³/mol. The third-order valence-corrected chi connectivity index (χ3v) is 6.93. The molecule has 0 heterocycles. The van der Waals surface area contributed by atoms with E-state index >= 15 is 0 Å². The van der Waals surface area contributed by atoms with Crippen molar-refractivity contribution < 1.29 is 25.2 Å². The van der Waals surface area contributed by atoms with Crippen LogP contribution in [0, 0.1) is 0 Å². The maximum absolute atomic E-state index is 11.3. The molecule has 36 heavy (non-hydrogen) atoms. The predicted octanol–water partition coefficient (Wildman–Crippen LogP) is 5.72. The number of fused-ring (bicyclic) bond motifs is 8. The number of aromatic hydroxyl groups is 4. The molecule has 5 nitrogen and oxygen atoms in total. The highest BCUT2D eigenvalue weighted by Gasteiger charge is 2.19. The third kappa shape index (κ3) is 4.62. The molecular weight excluding hydrogens is 452 g/mol. The van der Waals surface area contributed by atoms with Crippen LogP contribution in [0.2, 0.25) is 0 Å². The van der Waals surface area contributed by atoms with Crippen molar-refractivity contribution >= 4 is 0 Å². The lowest BCUT2D eigenvalue weighted by Crippen LogP contribution is -2.02. The van der Waals surface area contributed by atoms with E-state index < -0.39 is 0 Å². The molecular formula is C31H30O5. The van der Waals surface area contributed by atoms with Crippen molar-refractivity contribution in [3.8, 4) is 23.0 Å². The van der Waals surface area contributed by atoms with E-state index in [4.69, 9.17) is 4.74 Å². The molecule has 0 amide bonds. The molecule has 0 spiro atoms. The van der Waals surface area contributed by atoms with E-state index in [1.54, 1.807) is 0 Å². The molecule has 0 saturated heterocycles. The Hall–Kier alpha value is -3.96. The van der Waals surface area contributed by atoms with Crippen LogP contribution in [-0.4, -0.2) is 27.0 Å². The molecule has 0 aromatic heterocycles. The fourth-order valence-electron chi connectivity index (χ4n) is 5.02. The van der Waals surface area contributed by atoms with Crippen molar-refractivity contribution in [3.63, 3.8) is 0 Å². The van der Waals surface area contributed by atoms with Crippen molar-refractivity contribution in [1.82, 2.24) is 0 Å². The first-order chi connectivity index (χ1) is 17.4. The van der Waals surface area contributed by atoms with Gasteiger partial charge in [-0.05, 0) is 69.1 Å². The van der Waals surface area contributed by atoms with E-state index in [-0.39, 0.29) is 23.0 Å². The highest BCUT2D eigenvalue weighted by atomic mass is 16.5. The molecule has 0 fully saturated rings. The lowest BCUT2D eigenvalue weighted by molar-refractivity contribution is 0.134. The van der Waals surface area contributed by atoms with E-state index in [2.05, 4.69) is 0 Å². The second kappa shape index (κ2) is 9.96.